The highest BCUT2D eigenvalue weighted by atomic mass is 16.3. The smallest absolute Gasteiger partial charge is 0.254 e. The van der Waals surface area contributed by atoms with Crippen LogP contribution in [-0.4, -0.2) is 19.2 Å². The zero-order valence-corrected chi connectivity index (χ0v) is 19.2. The molecular formula is C30H27N2O+. The summed E-state index contributed by atoms with van der Waals surface area (Å²) in [5, 5.41) is 11.2. The molecule has 0 bridgehead atoms. The molecule has 0 fully saturated rings. The van der Waals surface area contributed by atoms with Gasteiger partial charge in [0.25, 0.3) is 5.70 Å². The minimum absolute atomic E-state index is 0.314. The van der Waals surface area contributed by atoms with Crippen LogP contribution in [0.4, 0.5) is 5.69 Å². The average Bonchev–Trinajstić information content (AvgIpc) is 3.09. The summed E-state index contributed by atoms with van der Waals surface area (Å²) in [5.41, 5.74) is 9.29. The van der Waals surface area contributed by atoms with Gasteiger partial charge in [-0.25, -0.2) is 0 Å². The van der Waals surface area contributed by atoms with Gasteiger partial charge in [-0.2, -0.15) is 0 Å². The van der Waals surface area contributed by atoms with Gasteiger partial charge in [-0.05, 0) is 47.9 Å². The number of aliphatic hydroxyl groups is 1. The van der Waals surface area contributed by atoms with E-state index in [1.807, 2.05) is 33.2 Å². The fourth-order valence-corrected chi connectivity index (χ4v) is 4.33. The molecule has 4 aromatic rings. The largest absolute Gasteiger partial charge is 0.502 e. The summed E-state index contributed by atoms with van der Waals surface area (Å²) in [5.74, 6) is 0.314. The van der Waals surface area contributed by atoms with E-state index in [0.717, 1.165) is 50.6 Å². The zero-order valence-electron chi connectivity index (χ0n) is 19.2. The number of nitrogens with zero attached hydrogens (tertiary/aromatic N) is 2. The molecule has 33 heavy (non-hydrogen) atoms. The number of hydrogen-bond acceptors (Lipinski definition) is 2. The fourth-order valence-electron chi connectivity index (χ4n) is 4.33. The Kier molecular flexibility index (Phi) is 5.31. The van der Waals surface area contributed by atoms with E-state index >= 15 is 0 Å². The molecule has 0 unspecified atom stereocenters. The Labute approximate surface area is 195 Å². The number of anilines is 1. The van der Waals surface area contributed by atoms with Crippen LogP contribution in [-0.2, 0) is 0 Å². The number of pyridine rings is 1. The first-order chi connectivity index (χ1) is 16.0. The van der Waals surface area contributed by atoms with Gasteiger partial charge >= 0.3 is 0 Å². The monoisotopic (exact) mass is 431 g/mol. The topological polar surface area (TPSA) is 27.3 Å². The molecule has 1 aliphatic heterocycles. The van der Waals surface area contributed by atoms with Crippen molar-refractivity contribution in [3.05, 3.63) is 114 Å². The molecule has 5 rings (SSSR count). The molecule has 0 atom stereocenters. The molecule has 3 nitrogen and oxygen atoms in total. The number of allylic oxidation sites excluding steroid dienone is 2. The SMILES string of the molecule is CC1=C(O)C(=Cc2ccc(N(C)C)cc2)[n+]2c1cc(-c1ccccc1)cc2-c1ccccc1. The first kappa shape index (κ1) is 20.8. The van der Waals surface area contributed by atoms with Crippen molar-refractivity contribution >= 4 is 23.0 Å². The number of hydrogen-bond donors (Lipinski definition) is 1. The zero-order chi connectivity index (χ0) is 22.9. The van der Waals surface area contributed by atoms with Gasteiger partial charge < -0.3 is 10.0 Å². The molecule has 1 N–H and O–H groups in total. The molecule has 0 saturated carbocycles. The van der Waals surface area contributed by atoms with Gasteiger partial charge in [0, 0.05) is 43.6 Å². The van der Waals surface area contributed by atoms with Crippen molar-refractivity contribution in [1.29, 1.82) is 0 Å². The van der Waals surface area contributed by atoms with Crippen LogP contribution in [0, 0.1) is 0 Å². The lowest BCUT2D eigenvalue weighted by atomic mass is 10.0. The molecule has 0 amide bonds. The Morgan fingerprint density at radius 2 is 1.27 bits per heavy atom. The number of benzene rings is 3. The van der Waals surface area contributed by atoms with Crippen molar-refractivity contribution < 1.29 is 9.67 Å². The highest BCUT2D eigenvalue weighted by molar-refractivity contribution is 5.88. The van der Waals surface area contributed by atoms with Gasteiger partial charge in [-0.3, -0.25) is 0 Å². The quantitative estimate of drug-likeness (QED) is 0.365. The maximum atomic E-state index is 11.2. The van der Waals surface area contributed by atoms with Crippen LogP contribution in [0.5, 0.6) is 0 Å². The summed E-state index contributed by atoms with van der Waals surface area (Å²) in [7, 11) is 4.07. The summed E-state index contributed by atoms with van der Waals surface area (Å²) in [6, 6.07) is 33.5. The molecule has 3 aromatic carbocycles. The van der Waals surface area contributed by atoms with Crippen LogP contribution in [0.2, 0.25) is 0 Å². The molecule has 1 aliphatic rings. The van der Waals surface area contributed by atoms with Crippen LogP contribution in [0.1, 0.15) is 18.2 Å². The fraction of sp³-hybridized carbons (Fsp3) is 0.100. The maximum absolute atomic E-state index is 11.2. The lowest BCUT2D eigenvalue weighted by molar-refractivity contribution is -0.566. The third-order valence-corrected chi connectivity index (χ3v) is 6.18. The van der Waals surface area contributed by atoms with Crippen molar-refractivity contribution in [3.8, 4) is 22.4 Å². The van der Waals surface area contributed by atoms with Crippen molar-refractivity contribution in [2.24, 2.45) is 0 Å². The van der Waals surface area contributed by atoms with Crippen molar-refractivity contribution in [2.75, 3.05) is 19.0 Å². The first-order valence-electron chi connectivity index (χ1n) is 11.1. The number of aromatic nitrogens is 1. The van der Waals surface area contributed by atoms with E-state index in [-0.39, 0.29) is 0 Å². The summed E-state index contributed by atoms with van der Waals surface area (Å²) in [6.07, 6.45) is 2.06. The maximum Gasteiger partial charge on any atom is 0.254 e. The van der Waals surface area contributed by atoms with Gasteiger partial charge in [0.1, 0.15) is 0 Å². The Morgan fingerprint density at radius 3 is 1.88 bits per heavy atom. The summed E-state index contributed by atoms with van der Waals surface area (Å²) in [4.78, 5) is 2.08. The summed E-state index contributed by atoms with van der Waals surface area (Å²) in [6.45, 7) is 1.99. The number of fused-ring (bicyclic) bond motifs is 1. The van der Waals surface area contributed by atoms with Gasteiger partial charge in [-0.15, -0.1) is 4.57 Å². The number of rotatable bonds is 4. The Balaban J connectivity index is 1.73. The average molecular weight is 432 g/mol. The molecule has 1 aromatic heterocycles. The van der Waals surface area contributed by atoms with Crippen LogP contribution >= 0.6 is 0 Å². The third kappa shape index (κ3) is 3.83. The molecule has 2 heterocycles. The normalized spacial score (nSPS) is 14.0. The highest BCUT2D eigenvalue weighted by Gasteiger charge is 2.36. The lowest BCUT2D eigenvalue weighted by Gasteiger charge is -2.12. The van der Waals surface area contributed by atoms with Gasteiger partial charge in [0.05, 0.1) is 5.57 Å². The third-order valence-electron chi connectivity index (χ3n) is 6.18. The van der Waals surface area contributed by atoms with E-state index < -0.39 is 0 Å². The molecule has 3 heteroatoms. The van der Waals surface area contributed by atoms with Gasteiger partial charge in [0.2, 0.25) is 11.4 Å². The second kappa shape index (κ2) is 8.44. The van der Waals surface area contributed by atoms with Crippen molar-refractivity contribution in [3.63, 3.8) is 0 Å². The molecule has 0 aliphatic carbocycles. The Morgan fingerprint density at radius 1 is 0.697 bits per heavy atom. The predicted octanol–water partition coefficient (Wildman–Crippen LogP) is 6.67. The van der Waals surface area contributed by atoms with E-state index in [4.69, 9.17) is 0 Å². The minimum Gasteiger partial charge on any atom is -0.502 e. The van der Waals surface area contributed by atoms with Crippen LogP contribution in [0.25, 0.3) is 39.7 Å². The second-order valence-electron chi connectivity index (χ2n) is 8.57. The van der Waals surface area contributed by atoms with Crippen molar-refractivity contribution in [1.82, 2.24) is 0 Å². The molecule has 0 saturated heterocycles. The van der Waals surface area contributed by atoms with E-state index in [0.29, 0.717) is 5.76 Å². The van der Waals surface area contributed by atoms with Crippen LogP contribution in [0.3, 0.4) is 0 Å². The van der Waals surface area contributed by atoms with E-state index in [1.165, 1.54) is 0 Å². The summed E-state index contributed by atoms with van der Waals surface area (Å²) >= 11 is 0. The van der Waals surface area contributed by atoms with Gasteiger partial charge in [0.15, 0.2) is 5.76 Å². The Hall–Kier alpha value is -4.11. The van der Waals surface area contributed by atoms with E-state index in [2.05, 4.69) is 100 Å². The van der Waals surface area contributed by atoms with Gasteiger partial charge in [-0.1, -0.05) is 60.7 Å². The predicted molar refractivity (Wildman–Crippen MR) is 138 cm³/mol. The molecule has 0 radical (unpaired) electrons. The molecular weight excluding hydrogens is 404 g/mol. The standard InChI is InChI=1S/C30H26N2O/c1-21-27-19-25(23-10-6-4-7-11-23)20-28(24-12-8-5-9-13-24)32(27)29(30(21)33)18-22-14-16-26(17-15-22)31(2)3/h4-20H,1-3H3/p+1. The van der Waals surface area contributed by atoms with E-state index in [9.17, 15) is 5.11 Å². The van der Waals surface area contributed by atoms with Crippen LogP contribution < -0.4 is 9.47 Å². The Bertz CT molecular complexity index is 1370. The van der Waals surface area contributed by atoms with Crippen LogP contribution in [0.15, 0.2) is 103 Å². The second-order valence-corrected chi connectivity index (χ2v) is 8.57. The minimum atomic E-state index is 0.314. The first-order valence-corrected chi connectivity index (χ1v) is 11.1. The number of aliphatic hydroxyl groups excluding tert-OH is 1. The summed E-state index contributed by atoms with van der Waals surface area (Å²) < 4.78 is 2.17. The highest BCUT2D eigenvalue weighted by Crippen LogP contribution is 2.35. The molecule has 0 spiro atoms. The lowest BCUT2D eigenvalue weighted by Crippen LogP contribution is -2.36. The van der Waals surface area contributed by atoms with E-state index in [1.54, 1.807) is 0 Å². The molecule has 162 valence electrons. The van der Waals surface area contributed by atoms with Crippen molar-refractivity contribution in [2.45, 2.75) is 6.92 Å².